The molecule has 1 N–H and O–H groups in total. The standard InChI is InChI=1S/C16H21BrO2/c1-15(2)7-8-16(3,4)12-9-10(5-6-11(12)15)13(17)14(18)19/h5-6,9,13H,7-8H2,1-4H3,(H,18,19). The van der Waals surface area contributed by atoms with E-state index in [4.69, 9.17) is 5.11 Å². The van der Waals surface area contributed by atoms with Gasteiger partial charge in [-0.25, -0.2) is 0 Å². The quantitative estimate of drug-likeness (QED) is 0.810. The van der Waals surface area contributed by atoms with Crippen LogP contribution in [-0.4, -0.2) is 11.1 Å². The molecule has 0 bridgehead atoms. The van der Waals surface area contributed by atoms with Gasteiger partial charge in [0, 0.05) is 0 Å². The van der Waals surface area contributed by atoms with Gasteiger partial charge in [-0.2, -0.15) is 0 Å². The van der Waals surface area contributed by atoms with Crippen LogP contribution in [0.3, 0.4) is 0 Å². The lowest BCUT2D eigenvalue weighted by atomic mass is 9.63. The molecule has 1 aromatic rings. The highest BCUT2D eigenvalue weighted by molar-refractivity contribution is 9.09. The molecule has 104 valence electrons. The highest BCUT2D eigenvalue weighted by Gasteiger charge is 2.37. The zero-order chi connectivity index (χ0) is 14.4. The van der Waals surface area contributed by atoms with Crippen molar-refractivity contribution in [1.29, 1.82) is 0 Å². The fourth-order valence-corrected chi connectivity index (χ4v) is 3.19. The molecule has 1 unspecified atom stereocenters. The van der Waals surface area contributed by atoms with Gasteiger partial charge in [0.1, 0.15) is 4.83 Å². The van der Waals surface area contributed by atoms with Crippen LogP contribution in [0, 0.1) is 0 Å². The van der Waals surface area contributed by atoms with Gasteiger partial charge in [-0.1, -0.05) is 61.8 Å². The first-order chi connectivity index (χ1) is 8.65. The van der Waals surface area contributed by atoms with Gasteiger partial charge in [0.05, 0.1) is 0 Å². The Balaban J connectivity index is 2.56. The maximum Gasteiger partial charge on any atom is 0.321 e. The first-order valence-corrected chi connectivity index (χ1v) is 7.58. The van der Waals surface area contributed by atoms with Crippen molar-refractivity contribution < 1.29 is 9.90 Å². The van der Waals surface area contributed by atoms with Crippen molar-refractivity contribution >= 4 is 21.9 Å². The number of aliphatic carboxylic acids is 1. The first-order valence-electron chi connectivity index (χ1n) is 6.67. The van der Waals surface area contributed by atoms with E-state index in [-0.39, 0.29) is 10.8 Å². The van der Waals surface area contributed by atoms with E-state index in [1.165, 1.54) is 17.5 Å². The number of carboxylic acid groups (broad SMARTS) is 1. The van der Waals surface area contributed by atoms with Gasteiger partial charge in [0.15, 0.2) is 0 Å². The predicted octanol–water partition coefficient (Wildman–Crippen LogP) is 4.56. The third-order valence-corrected chi connectivity index (χ3v) is 5.31. The first kappa shape index (κ1) is 14.6. The second kappa shape index (κ2) is 4.62. The minimum atomic E-state index is -0.840. The summed E-state index contributed by atoms with van der Waals surface area (Å²) in [6.45, 7) is 9.02. The van der Waals surface area contributed by atoms with Crippen LogP contribution in [0.5, 0.6) is 0 Å². The van der Waals surface area contributed by atoms with Crippen LogP contribution in [0.2, 0.25) is 0 Å². The van der Waals surface area contributed by atoms with E-state index in [1.807, 2.05) is 6.07 Å². The van der Waals surface area contributed by atoms with Crippen molar-refractivity contribution in [3.8, 4) is 0 Å². The Morgan fingerprint density at radius 2 is 1.68 bits per heavy atom. The van der Waals surface area contributed by atoms with Crippen molar-refractivity contribution in [3.63, 3.8) is 0 Å². The summed E-state index contributed by atoms with van der Waals surface area (Å²) in [6, 6.07) is 6.13. The van der Waals surface area contributed by atoms with E-state index in [1.54, 1.807) is 0 Å². The number of carboxylic acids is 1. The molecule has 0 spiro atoms. The molecule has 0 amide bonds. The molecule has 1 aliphatic carbocycles. The Labute approximate surface area is 123 Å². The zero-order valence-corrected chi connectivity index (χ0v) is 13.5. The fraction of sp³-hybridized carbons (Fsp3) is 0.562. The van der Waals surface area contributed by atoms with E-state index in [2.05, 4.69) is 55.8 Å². The third kappa shape index (κ3) is 2.58. The second-order valence-corrected chi connectivity index (χ2v) is 7.69. The summed E-state index contributed by atoms with van der Waals surface area (Å²) in [7, 11) is 0. The highest BCUT2D eigenvalue weighted by Crippen LogP contribution is 2.46. The molecule has 0 aromatic heterocycles. The lowest BCUT2D eigenvalue weighted by molar-refractivity contribution is -0.136. The molecule has 1 aliphatic rings. The molecule has 0 saturated heterocycles. The monoisotopic (exact) mass is 324 g/mol. The number of hydrogen-bond donors (Lipinski definition) is 1. The lowest BCUT2D eigenvalue weighted by Crippen LogP contribution is -2.34. The molecule has 0 saturated carbocycles. The van der Waals surface area contributed by atoms with Gasteiger partial charge in [0.25, 0.3) is 0 Å². The van der Waals surface area contributed by atoms with Crippen LogP contribution < -0.4 is 0 Å². The average molecular weight is 325 g/mol. The molecular formula is C16H21BrO2. The third-order valence-electron chi connectivity index (χ3n) is 4.39. The van der Waals surface area contributed by atoms with Gasteiger partial charge in [-0.15, -0.1) is 0 Å². The number of fused-ring (bicyclic) bond motifs is 1. The largest absolute Gasteiger partial charge is 0.480 e. The molecule has 0 aliphatic heterocycles. The van der Waals surface area contributed by atoms with E-state index in [0.717, 1.165) is 12.0 Å². The molecule has 1 aromatic carbocycles. The van der Waals surface area contributed by atoms with E-state index < -0.39 is 10.8 Å². The molecule has 2 nitrogen and oxygen atoms in total. The van der Waals surface area contributed by atoms with Crippen molar-refractivity contribution in [2.75, 3.05) is 0 Å². The van der Waals surface area contributed by atoms with Crippen molar-refractivity contribution in [3.05, 3.63) is 34.9 Å². The molecule has 0 fully saturated rings. The van der Waals surface area contributed by atoms with Crippen molar-refractivity contribution in [2.45, 2.75) is 56.2 Å². The van der Waals surface area contributed by atoms with E-state index in [0.29, 0.717) is 0 Å². The van der Waals surface area contributed by atoms with Crippen molar-refractivity contribution in [1.82, 2.24) is 0 Å². The van der Waals surface area contributed by atoms with Gasteiger partial charge < -0.3 is 5.11 Å². The van der Waals surface area contributed by atoms with Gasteiger partial charge >= 0.3 is 5.97 Å². The smallest absolute Gasteiger partial charge is 0.321 e. The number of halogens is 1. The number of hydrogen-bond acceptors (Lipinski definition) is 1. The summed E-state index contributed by atoms with van der Waals surface area (Å²) in [5.74, 6) is -0.840. The zero-order valence-electron chi connectivity index (χ0n) is 12.0. The van der Waals surface area contributed by atoms with Crippen LogP contribution in [-0.2, 0) is 15.6 Å². The Morgan fingerprint density at radius 1 is 1.16 bits per heavy atom. The van der Waals surface area contributed by atoms with E-state index in [9.17, 15) is 4.79 Å². The Kier molecular flexibility index (Phi) is 3.54. The molecule has 3 heteroatoms. The normalized spacial score (nSPS) is 21.5. The average Bonchev–Trinajstić information content (AvgIpc) is 2.33. The van der Waals surface area contributed by atoms with Crippen LogP contribution in [0.15, 0.2) is 18.2 Å². The summed E-state index contributed by atoms with van der Waals surface area (Å²) >= 11 is 3.24. The van der Waals surface area contributed by atoms with E-state index >= 15 is 0 Å². The maximum absolute atomic E-state index is 11.1. The molecule has 0 heterocycles. The Bertz CT molecular complexity index is 517. The van der Waals surface area contributed by atoms with Crippen LogP contribution in [0.4, 0.5) is 0 Å². The lowest BCUT2D eigenvalue weighted by Gasteiger charge is -2.42. The Morgan fingerprint density at radius 3 is 2.21 bits per heavy atom. The molecule has 2 rings (SSSR count). The topological polar surface area (TPSA) is 37.3 Å². The molecule has 19 heavy (non-hydrogen) atoms. The number of carbonyl (C=O) groups is 1. The van der Waals surface area contributed by atoms with Crippen LogP contribution >= 0.6 is 15.9 Å². The van der Waals surface area contributed by atoms with Crippen LogP contribution in [0.25, 0.3) is 0 Å². The Hall–Kier alpha value is -0.830. The number of rotatable bonds is 2. The summed E-state index contributed by atoms with van der Waals surface area (Å²) in [5, 5.41) is 9.13. The minimum absolute atomic E-state index is 0.117. The highest BCUT2D eigenvalue weighted by atomic mass is 79.9. The number of benzene rings is 1. The second-order valence-electron chi connectivity index (χ2n) is 6.77. The summed E-state index contributed by atoms with van der Waals surface area (Å²) in [6.07, 6.45) is 2.31. The van der Waals surface area contributed by atoms with Gasteiger partial charge in [-0.3, -0.25) is 4.79 Å². The summed E-state index contributed by atoms with van der Waals surface area (Å²) in [4.78, 5) is 10.5. The molecule has 1 atom stereocenters. The predicted molar refractivity (Wildman–Crippen MR) is 81.0 cm³/mol. The number of alkyl halides is 1. The molecule has 0 radical (unpaired) electrons. The maximum atomic E-state index is 11.1. The van der Waals surface area contributed by atoms with Crippen LogP contribution in [0.1, 0.15) is 62.1 Å². The SMILES string of the molecule is CC1(C)CCC(C)(C)c2cc(C(Br)C(=O)O)ccc21. The van der Waals surface area contributed by atoms with Crippen molar-refractivity contribution in [2.24, 2.45) is 0 Å². The van der Waals surface area contributed by atoms with Gasteiger partial charge in [-0.05, 0) is 40.4 Å². The fourth-order valence-electron chi connectivity index (χ4n) is 2.91. The summed E-state index contributed by atoms with van der Waals surface area (Å²) < 4.78 is 0. The molecular weight excluding hydrogens is 304 g/mol. The summed E-state index contributed by atoms with van der Waals surface area (Å²) in [5.41, 5.74) is 3.78. The van der Waals surface area contributed by atoms with Gasteiger partial charge in [0.2, 0.25) is 0 Å². The minimum Gasteiger partial charge on any atom is -0.480 e.